The molecular weight excluding hydrogens is 216 g/mol. The van der Waals surface area contributed by atoms with Crippen molar-refractivity contribution in [3.63, 3.8) is 0 Å². The minimum absolute atomic E-state index is 0.154. The van der Waals surface area contributed by atoms with Crippen LogP contribution in [0.3, 0.4) is 0 Å². The van der Waals surface area contributed by atoms with Gasteiger partial charge in [0.2, 0.25) is 0 Å². The molecule has 0 radical (unpaired) electrons. The molecule has 17 heavy (non-hydrogen) atoms. The Hall–Kier alpha value is -1.36. The fourth-order valence-electron chi connectivity index (χ4n) is 1.62. The molecule has 1 aliphatic rings. The van der Waals surface area contributed by atoms with Crippen molar-refractivity contribution in [1.82, 2.24) is 9.97 Å². The zero-order valence-electron chi connectivity index (χ0n) is 10.3. The molecule has 1 fully saturated rings. The van der Waals surface area contributed by atoms with Crippen molar-refractivity contribution in [2.24, 2.45) is 5.92 Å². The maximum absolute atomic E-state index is 9.09. The Morgan fingerprint density at radius 2 is 2.18 bits per heavy atom. The number of aliphatic hydroxyl groups is 1. The summed E-state index contributed by atoms with van der Waals surface area (Å²) in [4.78, 5) is 8.71. The minimum atomic E-state index is 0.154. The van der Waals surface area contributed by atoms with Crippen molar-refractivity contribution in [3.8, 4) is 0 Å². The first-order valence-electron chi connectivity index (χ1n) is 6.12. The first-order chi connectivity index (χ1) is 8.10. The van der Waals surface area contributed by atoms with Gasteiger partial charge in [-0.2, -0.15) is 0 Å². The number of hydrogen-bond acceptors (Lipinski definition) is 5. The zero-order chi connectivity index (χ0) is 12.4. The van der Waals surface area contributed by atoms with Crippen molar-refractivity contribution in [3.05, 3.63) is 11.9 Å². The SMILES string of the molecule is CC(CO)C(C)Nc1cc(N)nc(C2CC2)n1. The first-order valence-corrected chi connectivity index (χ1v) is 6.12. The van der Waals surface area contributed by atoms with Gasteiger partial charge >= 0.3 is 0 Å². The molecule has 0 amide bonds. The van der Waals surface area contributed by atoms with Gasteiger partial charge in [-0.3, -0.25) is 0 Å². The summed E-state index contributed by atoms with van der Waals surface area (Å²) in [5.74, 6) is 2.77. The van der Waals surface area contributed by atoms with Crippen LogP contribution in [0.1, 0.15) is 38.4 Å². The molecule has 1 aromatic heterocycles. The number of nitrogen functional groups attached to an aromatic ring is 1. The largest absolute Gasteiger partial charge is 0.396 e. The van der Waals surface area contributed by atoms with E-state index in [1.54, 1.807) is 6.07 Å². The van der Waals surface area contributed by atoms with Crippen molar-refractivity contribution in [2.45, 2.75) is 38.6 Å². The molecule has 1 aliphatic carbocycles. The lowest BCUT2D eigenvalue weighted by Gasteiger charge is -2.20. The maximum atomic E-state index is 9.09. The highest BCUT2D eigenvalue weighted by molar-refractivity contribution is 5.46. The Labute approximate surface area is 101 Å². The number of nitrogens with one attached hydrogen (secondary N) is 1. The van der Waals surface area contributed by atoms with Crippen LogP contribution < -0.4 is 11.1 Å². The predicted molar refractivity (Wildman–Crippen MR) is 67.8 cm³/mol. The second-order valence-corrected chi connectivity index (χ2v) is 4.90. The topological polar surface area (TPSA) is 84.1 Å². The highest BCUT2D eigenvalue weighted by Gasteiger charge is 2.27. The van der Waals surface area contributed by atoms with E-state index in [1.165, 1.54) is 0 Å². The Bertz CT molecular complexity index is 392. The van der Waals surface area contributed by atoms with Gasteiger partial charge in [0.15, 0.2) is 0 Å². The Morgan fingerprint density at radius 3 is 2.76 bits per heavy atom. The third-order valence-corrected chi connectivity index (χ3v) is 3.22. The summed E-state index contributed by atoms with van der Waals surface area (Å²) in [5, 5.41) is 12.4. The summed E-state index contributed by atoms with van der Waals surface area (Å²) in [6.07, 6.45) is 2.32. The second-order valence-electron chi connectivity index (χ2n) is 4.90. The normalized spacial score (nSPS) is 18.8. The van der Waals surface area contributed by atoms with E-state index in [2.05, 4.69) is 15.3 Å². The molecule has 4 N–H and O–H groups in total. The van der Waals surface area contributed by atoms with Gasteiger partial charge in [0, 0.05) is 24.6 Å². The molecule has 5 heteroatoms. The fourth-order valence-corrected chi connectivity index (χ4v) is 1.62. The molecule has 2 unspecified atom stereocenters. The number of aromatic nitrogens is 2. The number of nitrogens with zero attached hydrogens (tertiary/aromatic N) is 2. The van der Waals surface area contributed by atoms with Gasteiger partial charge in [0.05, 0.1) is 0 Å². The van der Waals surface area contributed by atoms with E-state index in [4.69, 9.17) is 10.8 Å². The van der Waals surface area contributed by atoms with Crippen molar-refractivity contribution >= 4 is 11.6 Å². The van der Waals surface area contributed by atoms with Gasteiger partial charge in [-0.05, 0) is 25.7 Å². The van der Waals surface area contributed by atoms with E-state index in [1.807, 2.05) is 13.8 Å². The molecule has 0 bridgehead atoms. The number of rotatable bonds is 5. The first kappa shape index (κ1) is 12.1. The van der Waals surface area contributed by atoms with E-state index >= 15 is 0 Å². The molecule has 1 heterocycles. The zero-order valence-corrected chi connectivity index (χ0v) is 10.3. The third kappa shape index (κ3) is 3.06. The lowest BCUT2D eigenvalue weighted by atomic mass is 10.1. The van der Waals surface area contributed by atoms with Crippen LogP contribution in [0.15, 0.2) is 6.07 Å². The van der Waals surface area contributed by atoms with E-state index in [0.29, 0.717) is 11.7 Å². The monoisotopic (exact) mass is 236 g/mol. The second kappa shape index (κ2) is 4.87. The summed E-state index contributed by atoms with van der Waals surface area (Å²) >= 11 is 0. The summed E-state index contributed by atoms with van der Waals surface area (Å²) in [6.45, 7) is 4.17. The molecule has 0 saturated heterocycles. The van der Waals surface area contributed by atoms with Crippen molar-refractivity contribution in [2.75, 3.05) is 17.7 Å². The van der Waals surface area contributed by atoms with E-state index in [-0.39, 0.29) is 18.6 Å². The van der Waals surface area contributed by atoms with Crippen LogP contribution in [0.2, 0.25) is 0 Å². The van der Waals surface area contributed by atoms with Crippen LogP contribution in [0.5, 0.6) is 0 Å². The van der Waals surface area contributed by atoms with Crippen molar-refractivity contribution in [1.29, 1.82) is 0 Å². The molecule has 1 saturated carbocycles. The summed E-state index contributed by atoms with van der Waals surface area (Å²) in [7, 11) is 0. The van der Waals surface area contributed by atoms with Crippen LogP contribution in [0.25, 0.3) is 0 Å². The standard InChI is InChI=1S/C12H20N4O/c1-7(6-17)8(2)14-11-5-10(13)15-12(16-11)9-3-4-9/h5,7-9,17H,3-4,6H2,1-2H3,(H3,13,14,15,16). The molecule has 94 valence electrons. The average Bonchev–Trinajstić information content (AvgIpc) is 3.10. The molecule has 0 aliphatic heterocycles. The lowest BCUT2D eigenvalue weighted by molar-refractivity contribution is 0.226. The van der Waals surface area contributed by atoms with Crippen molar-refractivity contribution < 1.29 is 5.11 Å². The summed E-state index contributed by atoms with van der Waals surface area (Å²) in [6, 6.07) is 1.90. The lowest BCUT2D eigenvalue weighted by Crippen LogP contribution is -2.27. The van der Waals surface area contributed by atoms with Crippen LogP contribution >= 0.6 is 0 Å². The fraction of sp³-hybridized carbons (Fsp3) is 0.667. The number of hydrogen-bond donors (Lipinski definition) is 3. The van der Waals surface area contributed by atoms with Gasteiger partial charge in [-0.25, -0.2) is 9.97 Å². The summed E-state index contributed by atoms with van der Waals surface area (Å²) < 4.78 is 0. The average molecular weight is 236 g/mol. The Balaban J connectivity index is 2.09. The van der Waals surface area contributed by atoms with Crippen LogP contribution in [0, 0.1) is 5.92 Å². The van der Waals surface area contributed by atoms with Gasteiger partial charge in [-0.15, -0.1) is 0 Å². The molecule has 0 spiro atoms. The maximum Gasteiger partial charge on any atom is 0.136 e. The number of anilines is 2. The Morgan fingerprint density at radius 1 is 1.47 bits per heavy atom. The minimum Gasteiger partial charge on any atom is -0.396 e. The molecule has 2 rings (SSSR count). The van der Waals surface area contributed by atoms with E-state index in [0.717, 1.165) is 24.5 Å². The van der Waals surface area contributed by atoms with Crippen LogP contribution in [0.4, 0.5) is 11.6 Å². The molecule has 1 aromatic rings. The molecular formula is C12H20N4O. The van der Waals surface area contributed by atoms with Gasteiger partial charge in [-0.1, -0.05) is 6.92 Å². The third-order valence-electron chi connectivity index (χ3n) is 3.22. The molecule has 2 atom stereocenters. The van der Waals surface area contributed by atoms with Crippen LogP contribution in [-0.2, 0) is 0 Å². The molecule has 5 nitrogen and oxygen atoms in total. The Kier molecular flexibility index (Phi) is 3.47. The predicted octanol–water partition coefficient (Wildman–Crippen LogP) is 1.36. The smallest absolute Gasteiger partial charge is 0.136 e. The molecule has 0 aromatic carbocycles. The van der Waals surface area contributed by atoms with E-state index < -0.39 is 0 Å². The van der Waals surface area contributed by atoms with E-state index in [9.17, 15) is 0 Å². The van der Waals surface area contributed by atoms with Crippen LogP contribution in [-0.4, -0.2) is 27.7 Å². The van der Waals surface area contributed by atoms with Gasteiger partial charge in [0.1, 0.15) is 17.5 Å². The summed E-state index contributed by atoms with van der Waals surface area (Å²) in [5.41, 5.74) is 5.77. The number of aliphatic hydroxyl groups excluding tert-OH is 1. The van der Waals surface area contributed by atoms with Gasteiger partial charge < -0.3 is 16.2 Å². The van der Waals surface area contributed by atoms with Gasteiger partial charge in [0.25, 0.3) is 0 Å². The number of nitrogens with two attached hydrogens (primary N) is 1. The highest BCUT2D eigenvalue weighted by atomic mass is 16.3. The highest BCUT2D eigenvalue weighted by Crippen LogP contribution is 2.38. The quantitative estimate of drug-likeness (QED) is 0.719.